The zero-order chi connectivity index (χ0) is 10.0. The van der Waals surface area contributed by atoms with Gasteiger partial charge in [0.15, 0.2) is 0 Å². The van der Waals surface area contributed by atoms with E-state index in [0.29, 0.717) is 0 Å². The van der Waals surface area contributed by atoms with Gasteiger partial charge in [-0.3, -0.25) is 4.21 Å². The minimum atomic E-state index is -0.882. The first-order valence-corrected chi connectivity index (χ1v) is 6.86. The van der Waals surface area contributed by atoms with E-state index in [-0.39, 0.29) is 21.3 Å². The zero-order valence-corrected chi connectivity index (χ0v) is 10.3. The molecule has 1 saturated carbocycles. The topological polar surface area (TPSA) is 17.1 Å². The molecule has 0 spiro atoms. The summed E-state index contributed by atoms with van der Waals surface area (Å²) in [5, 5.41) is 0.140. The fourth-order valence-electron chi connectivity index (χ4n) is 1.67. The van der Waals surface area contributed by atoms with Crippen molar-refractivity contribution in [2.75, 3.05) is 0 Å². The molecule has 0 aromatic rings. The molecule has 0 amide bonds. The summed E-state index contributed by atoms with van der Waals surface area (Å²) in [6.45, 7) is 3.91. The van der Waals surface area contributed by atoms with Gasteiger partial charge in [0.1, 0.15) is 0 Å². The summed E-state index contributed by atoms with van der Waals surface area (Å²) in [6, 6.07) is 0. The van der Waals surface area contributed by atoms with Crippen molar-refractivity contribution in [2.45, 2.75) is 54.4 Å². The lowest BCUT2D eigenvalue weighted by Gasteiger charge is -2.31. The van der Waals surface area contributed by atoms with Crippen LogP contribution in [0.15, 0.2) is 0 Å². The third-order valence-corrected chi connectivity index (χ3v) is 5.81. The van der Waals surface area contributed by atoms with Gasteiger partial charge in [-0.1, -0.05) is 20.3 Å². The first-order chi connectivity index (χ1) is 6.04. The van der Waals surface area contributed by atoms with Crippen molar-refractivity contribution in [1.29, 1.82) is 0 Å². The Balaban J connectivity index is 2.68. The molecule has 0 saturated heterocycles. The van der Waals surface area contributed by atoms with Crippen LogP contribution in [-0.2, 0) is 10.8 Å². The van der Waals surface area contributed by atoms with E-state index in [2.05, 4.69) is 0 Å². The molecule has 0 aromatic heterocycles. The molecule has 78 valence electrons. The number of rotatable bonds is 2. The third kappa shape index (κ3) is 2.84. The van der Waals surface area contributed by atoms with E-state index in [4.69, 9.17) is 23.2 Å². The standard InChI is InChI=1S/C9H16Cl2OS/c1-6(2)13(12)9-7(10)4-3-5-8(9)11/h6-9H,3-5H2,1-2H3. The quantitative estimate of drug-likeness (QED) is 0.681. The third-order valence-electron chi connectivity index (χ3n) is 2.41. The van der Waals surface area contributed by atoms with Crippen LogP contribution in [0.1, 0.15) is 33.1 Å². The Hall–Kier alpha value is 0.730. The zero-order valence-electron chi connectivity index (χ0n) is 8.00. The van der Waals surface area contributed by atoms with Crippen LogP contribution < -0.4 is 0 Å². The molecule has 1 aliphatic rings. The van der Waals surface area contributed by atoms with Crippen molar-refractivity contribution >= 4 is 34.0 Å². The summed E-state index contributed by atoms with van der Waals surface area (Å²) in [7, 11) is -0.882. The second-order valence-corrected chi connectivity index (χ2v) is 7.07. The summed E-state index contributed by atoms with van der Waals surface area (Å²) >= 11 is 12.3. The van der Waals surface area contributed by atoms with Gasteiger partial charge in [0.2, 0.25) is 0 Å². The first-order valence-electron chi connectivity index (χ1n) is 4.71. The van der Waals surface area contributed by atoms with Crippen molar-refractivity contribution in [1.82, 2.24) is 0 Å². The molecule has 0 aliphatic heterocycles. The predicted molar refractivity (Wildman–Crippen MR) is 60.2 cm³/mol. The van der Waals surface area contributed by atoms with E-state index >= 15 is 0 Å². The van der Waals surface area contributed by atoms with Gasteiger partial charge in [-0.25, -0.2) is 0 Å². The van der Waals surface area contributed by atoms with E-state index in [1.165, 1.54) is 0 Å². The van der Waals surface area contributed by atoms with Crippen LogP contribution in [0.4, 0.5) is 0 Å². The molecule has 0 radical (unpaired) electrons. The lowest BCUT2D eigenvalue weighted by molar-refractivity contribution is 0.515. The molecule has 1 aliphatic carbocycles. The normalized spacial score (nSPS) is 37.8. The van der Waals surface area contributed by atoms with Gasteiger partial charge in [0.25, 0.3) is 0 Å². The molecule has 3 atom stereocenters. The van der Waals surface area contributed by atoms with E-state index in [0.717, 1.165) is 19.3 Å². The lowest BCUT2D eigenvalue weighted by Crippen LogP contribution is -2.41. The molecule has 3 unspecified atom stereocenters. The van der Waals surface area contributed by atoms with Gasteiger partial charge < -0.3 is 0 Å². The Morgan fingerprint density at radius 2 is 1.69 bits per heavy atom. The Labute approximate surface area is 92.6 Å². The number of alkyl halides is 2. The SMILES string of the molecule is CC(C)S(=O)C1C(Cl)CCCC1Cl. The van der Waals surface area contributed by atoms with Crippen LogP contribution in [0.5, 0.6) is 0 Å². The van der Waals surface area contributed by atoms with Crippen molar-refractivity contribution in [3.63, 3.8) is 0 Å². The summed E-state index contributed by atoms with van der Waals surface area (Å²) in [4.78, 5) is 0. The molecule has 1 rings (SSSR count). The highest BCUT2D eigenvalue weighted by atomic mass is 35.5. The van der Waals surface area contributed by atoms with E-state index < -0.39 is 10.8 Å². The molecular formula is C9H16Cl2OS. The fraction of sp³-hybridized carbons (Fsp3) is 1.00. The summed E-state index contributed by atoms with van der Waals surface area (Å²) in [6.07, 6.45) is 2.97. The van der Waals surface area contributed by atoms with Gasteiger partial charge >= 0.3 is 0 Å². The van der Waals surface area contributed by atoms with Gasteiger partial charge in [-0.05, 0) is 12.8 Å². The lowest BCUT2D eigenvalue weighted by atomic mass is 9.99. The Morgan fingerprint density at radius 3 is 2.08 bits per heavy atom. The van der Waals surface area contributed by atoms with Gasteiger partial charge in [-0.15, -0.1) is 23.2 Å². The second kappa shape index (κ2) is 4.99. The highest BCUT2D eigenvalue weighted by Gasteiger charge is 2.36. The molecule has 0 bridgehead atoms. The van der Waals surface area contributed by atoms with Gasteiger partial charge in [0.05, 0.1) is 5.25 Å². The molecule has 4 heteroatoms. The highest BCUT2D eigenvalue weighted by molar-refractivity contribution is 7.86. The molecular weight excluding hydrogens is 227 g/mol. The van der Waals surface area contributed by atoms with E-state index in [1.54, 1.807) is 0 Å². The van der Waals surface area contributed by atoms with Gasteiger partial charge in [-0.2, -0.15) is 0 Å². The van der Waals surface area contributed by atoms with Crippen LogP contribution in [0.3, 0.4) is 0 Å². The maximum Gasteiger partial charge on any atom is 0.0677 e. The minimum absolute atomic E-state index is 0.000478. The summed E-state index contributed by atoms with van der Waals surface area (Å²) in [5.41, 5.74) is 0. The van der Waals surface area contributed by atoms with Crippen LogP contribution in [0, 0.1) is 0 Å². The largest absolute Gasteiger partial charge is 0.259 e. The Kier molecular flexibility index (Phi) is 4.53. The smallest absolute Gasteiger partial charge is 0.0677 e. The summed E-state index contributed by atoms with van der Waals surface area (Å²) in [5.74, 6) is 0. The maximum absolute atomic E-state index is 11.9. The van der Waals surface area contributed by atoms with Crippen molar-refractivity contribution in [3.8, 4) is 0 Å². The Bertz CT molecular complexity index is 186. The van der Waals surface area contributed by atoms with Crippen LogP contribution in [0.25, 0.3) is 0 Å². The number of hydrogen-bond acceptors (Lipinski definition) is 1. The monoisotopic (exact) mass is 242 g/mol. The molecule has 1 fully saturated rings. The van der Waals surface area contributed by atoms with E-state index in [1.807, 2.05) is 13.8 Å². The number of hydrogen-bond donors (Lipinski definition) is 0. The summed E-state index contributed by atoms with van der Waals surface area (Å²) < 4.78 is 11.9. The van der Waals surface area contributed by atoms with Crippen LogP contribution in [-0.4, -0.2) is 25.5 Å². The Morgan fingerprint density at radius 1 is 1.23 bits per heavy atom. The van der Waals surface area contributed by atoms with Crippen molar-refractivity contribution < 1.29 is 4.21 Å². The van der Waals surface area contributed by atoms with Gasteiger partial charge in [0, 0.05) is 26.8 Å². The molecule has 0 heterocycles. The maximum atomic E-state index is 11.9. The highest BCUT2D eigenvalue weighted by Crippen LogP contribution is 2.31. The van der Waals surface area contributed by atoms with Crippen LogP contribution >= 0.6 is 23.2 Å². The van der Waals surface area contributed by atoms with Crippen molar-refractivity contribution in [2.24, 2.45) is 0 Å². The van der Waals surface area contributed by atoms with Crippen LogP contribution in [0.2, 0.25) is 0 Å². The molecule has 1 nitrogen and oxygen atoms in total. The average Bonchev–Trinajstić information content (AvgIpc) is 2.03. The fourth-order valence-corrected chi connectivity index (χ4v) is 4.49. The first kappa shape index (κ1) is 11.8. The van der Waals surface area contributed by atoms with E-state index in [9.17, 15) is 4.21 Å². The molecule has 13 heavy (non-hydrogen) atoms. The van der Waals surface area contributed by atoms with Crippen molar-refractivity contribution in [3.05, 3.63) is 0 Å². The number of halogens is 2. The minimum Gasteiger partial charge on any atom is -0.259 e. The molecule has 0 aromatic carbocycles. The average molecular weight is 243 g/mol. The molecule has 0 N–H and O–H groups in total. The predicted octanol–water partition coefficient (Wildman–Crippen LogP) is 2.91. The second-order valence-electron chi connectivity index (χ2n) is 3.80.